The van der Waals surface area contributed by atoms with E-state index in [2.05, 4.69) is 4.98 Å². The maximum atomic E-state index is 13.2. The summed E-state index contributed by atoms with van der Waals surface area (Å²) in [5, 5.41) is 0.547. The Morgan fingerprint density at radius 2 is 1.81 bits per heavy atom. The summed E-state index contributed by atoms with van der Waals surface area (Å²) >= 11 is 6.11. The van der Waals surface area contributed by atoms with E-state index in [0.29, 0.717) is 54.7 Å². The van der Waals surface area contributed by atoms with Gasteiger partial charge in [0.1, 0.15) is 11.3 Å². The Morgan fingerprint density at radius 1 is 1.11 bits per heavy atom. The minimum atomic E-state index is -0.150. The average Bonchev–Trinajstić information content (AvgIpc) is 3.34. The van der Waals surface area contributed by atoms with Crippen LogP contribution in [0, 0.1) is 0 Å². The van der Waals surface area contributed by atoms with Crippen LogP contribution in [0.3, 0.4) is 0 Å². The first kappa shape index (κ1) is 17.6. The zero-order valence-corrected chi connectivity index (χ0v) is 15.6. The van der Waals surface area contributed by atoms with E-state index in [1.807, 2.05) is 6.92 Å². The van der Waals surface area contributed by atoms with E-state index < -0.39 is 0 Å². The number of fused-ring (bicyclic) bond motifs is 1. The highest BCUT2D eigenvalue weighted by Crippen LogP contribution is 2.20. The Kier molecular flexibility index (Phi) is 4.61. The Balaban J connectivity index is 1.54. The zero-order chi connectivity index (χ0) is 19.0. The van der Waals surface area contributed by atoms with Gasteiger partial charge in [0.2, 0.25) is 0 Å². The predicted octanol–water partition coefficient (Wildman–Crippen LogP) is 2.74. The maximum Gasteiger partial charge on any atom is 0.289 e. The lowest BCUT2D eigenvalue weighted by Gasteiger charge is -2.34. The zero-order valence-electron chi connectivity index (χ0n) is 14.9. The van der Waals surface area contributed by atoms with Gasteiger partial charge < -0.3 is 14.2 Å². The van der Waals surface area contributed by atoms with Crippen molar-refractivity contribution in [2.75, 3.05) is 26.2 Å². The molecule has 0 spiro atoms. The summed E-state index contributed by atoms with van der Waals surface area (Å²) < 4.78 is 6.93. The number of carbonyl (C=O) groups is 2. The first-order valence-corrected chi connectivity index (χ1v) is 9.25. The quantitative estimate of drug-likeness (QED) is 0.694. The van der Waals surface area contributed by atoms with E-state index in [1.165, 1.54) is 6.26 Å². The van der Waals surface area contributed by atoms with Gasteiger partial charge in [0, 0.05) is 32.4 Å². The van der Waals surface area contributed by atoms with Gasteiger partial charge in [0.15, 0.2) is 5.76 Å². The van der Waals surface area contributed by atoms with Crippen LogP contribution in [0.5, 0.6) is 0 Å². The summed E-state index contributed by atoms with van der Waals surface area (Å²) in [6.45, 7) is 3.82. The smallest absolute Gasteiger partial charge is 0.289 e. The standard InChI is InChI=1S/C19H19ClN4O3/c1-2-14-17(24-12-13(20)5-6-16(24)21-14)19(26)23-9-7-22(8-10-23)18(25)15-4-3-11-27-15/h3-6,11-12H,2,7-10H2,1H3. The van der Waals surface area contributed by atoms with Crippen LogP contribution in [0.15, 0.2) is 41.1 Å². The average molecular weight is 387 g/mol. The number of amides is 2. The molecule has 0 aromatic carbocycles. The number of aryl methyl sites for hydroxylation is 1. The molecule has 0 aliphatic carbocycles. The number of furan rings is 1. The van der Waals surface area contributed by atoms with Gasteiger partial charge in [-0.25, -0.2) is 4.98 Å². The van der Waals surface area contributed by atoms with E-state index in [4.69, 9.17) is 16.0 Å². The molecule has 0 unspecified atom stereocenters. The van der Waals surface area contributed by atoms with E-state index in [1.54, 1.807) is 44.7 Å². The highest BCUT2D eigenvalue weighted by atomic mass is 35.5. The molecule has 7 nitrogen and oxygen atoms in total. The van der Waals surface area contributed by atoms with Crippen molar-refractivity contribution >= 4 is 29.1 Å². The van der Waals surface area contributed by atoms with Gasteiger partial charge in [0.05, 0.1) is 17.0 Å². The van der Waals surface area contributed by atoms with Crippen molar-refractivity contribution in [2.24, 2.45) is 0 Å². The van der Waals surface area contributed by atoms with E-state index in [9.17, 15) is 9.59 Å². The molecule has 1 aliphatic rings. The van der Waals surface area contributed by atoms with Gasteiger partial charge in [-0.3, -0.25) is 14.0 Å². The minimum Gasteiger partial charge on any atom is -0.459 e. The fourth-order valence-corrected chi connectivity index (χ4v) is 3.52. The van der Waals surface area contributed by atoms with Crippen LogP contribution in [0.1, 0.15) is 33.7 Å². The van der Waals surface area contributed by atoms with Gasteiger partial charge in [-0.1, -0.05) is 18.5 Å². The number of hydrogen-bond donors (Lipinski definition) is 0. The third-order valence-corrected chi connectivity index (χ3v) is 5.00. The second kappa shape index (κ2) is 7.08. The van der Waals surface area contributed by atoms with Crippen LogP contribution < -0.4 is 0 Å². The molecular weight excluding hydrogens is 368 g/mol. The maximum absolute atomic E-state index is 13.2. The summed E-state index contributed by atoms with van der Waals surface area (Å²) in [5.41, 5.74) is 1.99. The molecule has 4 heterocycles. The van der Waals surface area contributed by atoms with E-state index in [-0.39, 0.29) is 11.8 Å². The summed E-state index contributed by atoms with van der Waals surface area (Å²) in [7, 11) is 0. The third-order valence-electron chi connectivity index (χ3n) is 4.78. The molecule has 0 radical (unpaired) electrons. The Labute approximate surface area is 161 Å². The lowest BCUT2D eigenvalue weighted by atomic mass is 10.2. The first-order chi connectivity index (χ1) is 13.1. The van der Waals surface area contributed by atoms with Crippen molar-refractivity contribution in [2.45, 2.75) is 13.3 Å². The van der Waals surface area contributed by atoms with Crippen LogP contribution in [-0.2, 0) is 6.42 Å². The predicted molar refractivity (Wildman–Crippen MR) is 100 cm³/mol. The summed E-state index contributed by atoms with van der Waals surface area (Å²) in [5.74, 6) is 0.0779. The lowest BCUT2D eigenvalue weighted by Crippen LogP contribution is -2.50. The number of nitrogens with zero attached hydrogens (tertiary/aromatic N) is 4. The molecule has 2 amide bonds. The van der Waals surface area contributed by atoms with Crippen LogP contribution in [0.4, 0.5) is 0 Å². The van der Waals surface area contributed by atoms with Crippen LogP contribution in [0.2, 0.25) is 5.02 Å². The van der Waals surface area contributed by atoms with Crippen molar-refractivity contribution in [1.29, 1.82) is 0 Å². The largest absolute Gasteiger partial charge is 0.459 e. The van der Waals surface area contributed by atoms with Gasteiger partial charge in [-0.2, -0.15) is 0 Å². The molecular formula is C19H19ClN4O3. The molecule has 140 valence electrons. The number of pyridine rings is 1. The fraction of sp³-hybridized carbons (Fsp3) is 0.316. The third kappa shape index (κ3) is 3.19. The molecule has 0 atom stereocenters. The SMILES string of the molecule is CCc1nc2ccc(Cl)cn2c1C(=O)N1CCN(C(=O)c2ccco2)CC1. The fourth-order valence-electron chi connectivity index (χ4n) is 3.36. The van der Waals surface area contributed by atoms with Crippen molar-refractivity contribution in [3.8, 4) is 0 Å². The molecule has 3 aromatic heterocycles. The van der Waals surface area contributed by atoms with Crippen molar-refractivity contribution in [3.05, 3.63) is 58.9 Å². The van der Waals surface area contributed by atoms with Gasteiger partial charge >= 0.3 is 0 Å². The molecule has 0 bridgehead atoms. The van der Waals surface area contributed by atoms with Crippen LogP contribution in [0.25, 0.3) is 5.65 Å². The Morgan fingerprint density at radius 3 is 2.44 bits per heavy atom. The minimum absolute atomic E-state index is 0.0910. The molecule has 3 aromatic rings. The number of hydrogen-bond acceptors (Lipinski definition) is 4. The number of piperazine rings is 1. The van der Waals surface area contributed by atoms with E-state index >= 15 is 0 Å². The van der Waals surface area contributed by atoms with Gasteiger partial charge in [-0.05, 0) is 30.7 Å². The lowest BCUT2D eigenvalue weighted by molar-refractivity contribution is 0.0514. The monoisotopic (exact) mass is 386 g/mol. The molecule has 1 saturated heterocycles. The summed E-state index contributed by atoms with van der Waals surface area (Å²) in [6.07, 6.45) is 3.85. The number of aromatic nitrogens is 2. The number of rotatable bonds is 3. The first-order valence-electron chi connectivity index (χ1n) is 8.87. The Hall–Kier alpha value is -2.80. The highest BCUT2D eigenvalue weighted by Gasteiger charge is 2.29. The molecule has 8 heteroatoms. The van der Waals surface area contributed by atoms with E-state index in [0.717, 1.165) is 5.69 Å². The highest BCUT2D eigenvalue weighted by molar-refractivity contribution is 6.30. The molecule has 0 N–H and O–H groups in total. The van der Waals surface area contributed by atoms with Crippen LogP contribution in [-0.4, -0.2) is 57.2 Å². The number of halogens is 1. The summed E-state index contributed by atoms with van der Waals surface area (Å²) in [4.78, 5) is 33.6. The van der Waals surface area contributed by atoms with Crippen molar-refractivity contribution in [1.82, 2.24) is 19.2 Å². The second-order valence-electron chi connectivity index (χ2n) is 6.40. The topological polar surface area (TPSA) is 71.1 Å². The molecule has 1 aliphatic heterocycles. The number of carbonyl (C=O) groups excluding carboxylic acids is 2. The molecule has 27 heavy (non-hydrogen) atoms. The summed E-state index contributed by atoms with van der Waals surface area (Å²) in [6, 6.07) is 6.90. The number of imidazole rings is 1. The van der Waals surface area contributed by atoms with Gasteiger partial charge in [-0.15, -0.1) is 0 Å². The van der Waals surface area contributed by atoms with Crippen LogP contribution >= 0.6 is 11.6 Å². The normalized spacial score (nSPS) is 14.7. The second-order valence-corrected chi connectivity index (χ2v) is 6.83. The van der Waals surface area contributed by atoms with Crippen molar-refractivity contribution < 1.29 is 14.0 Å². The molecule has 4 rings (SSSR count). The molecule has 1 fully saturated rings. The molecule has 0 saturated carbocycles. The Bertz CT molecular complexity index is 988. The van der Waals surface area contributed by atoms with Crippen molar-refractivity contribution in [3.63, 3.8) is 0 Å². The van der Waals surface area contributed by atoms with Gasteiger partial charge in [0.25, 0.3) is 11.8 Å².